The summed E-state index contributed by atoms with van der Waals surface area (Å²) >= 11 is 0. The molecule has 5 heteroatoms. The molecule has 1 aromatic carbocycles. The summed E-state index contributed by atoms with van der Waals surface area (Å²) in [5, 5.41) is 3.13. The minimum atomic E-state index is -0.460. The van der Waals surface area contributed by atoms with E-state index in [1.54, 1.807) is 12.5 Å². The van der Waals surface area contributed by atoms with Crippen LogP contribution in [0, 0.1) is 0 Å². The predicted octanol–water partition coefficient (Wildman–Crippen LogP) is 1.49. The van der Waals surface area contributed by atoms with Crippen LogP contribution in [0.3, 0.4) is 0 Å². The van der Waals surface area contributed by atoms with E-state index in [1.807, 2.05) is 37.0 Å². The molecule has 122 valence electrons. The molecule has 0 fully saturated rings. The van der Waals surface area contributed by atoms with E-state index in [2.05, 4.69) is 27.3 Å². The van der Waals surface area contributed by atoms with Gasteiger partial charge in [0.05, 0.1) is 6.33 Å². The van der Waals surface area contributed by atoms with Crippen molar-refractivity contribution in [1.82, 2.24) is 19.8 Å². The maximum atomic E-state index is 12.9. The van der Waals surface area contributed by atoms with Crippen LogP contribution in [0.1, 0.15) is 17.5 Å². The van der Waals surface area contributed by atoms with Gasteiger partial charge in [-0.2, -0.15) is 0 Å². The average molecular weight is 312 g/mol. The lowest BCUT2D eigenvalue weighted by Crippen LogP contribution is -2.57. The van der Waals surface area contributed by atoms with Gasteiger partial charge in [0.15, 0.2) is 0 Å². The van der Waals surface area contributed by atoms with Gasteiger partial charge in [-0.3, -0.25) is 9.69 Å². The Kier molecular flexibility index (Phi) is 4.48. The van der Waals surface area contributed by atoms with Gasteiger partial charge in [0.2, 0.25) is 5.91 Å². The van der Waals surface area contributed by atoms with Gasteiger partial charge in [0.1, 0.15) is 5.54 Å². The Hall–Kier alpha value is -2.14. The van der Waals surface area contributed by atoms with Crippen LogP contribution >= 0.6 is 0 Å². The fourth-order valence-electron chi connectivity index (χ4n) is 3.32. The Balaban J connectivity index is 1.60. The number of aromatic nitrogens is 2. The number of likely N-dealkylation sites (N-methyl/N-ethyl adjacent to an activating group) is 1. The van der Waals surface area contributed by atoms with Crippen LogP contribution in [-0.2, 0) is 24.2 Å². The van der Waals surface area contributed by atoms with Gasteiger partial charge in [0.25, 0.3) is 0 Å². The van der Waals surface area contributed by atoms with Crippen molar-refractivity contribution >= 4 is 5.91 Å². The Labute approximate surface area is 137 Å². The fraction of sp³-hybridized carbons (Fsp3) is 0.444. The first kappa shape index (κ1) is 15.7. The average Bonchev–Trinajstić information content (AvgIpc) is 3.18. The van der Waals surface area contributed by atoms with Crippen molar-refractivity contribution in [2.24, 2.45) is 0 Å². The van der Waals surface area contributed by atoms with Crippen molar-refractivity contribution in [3.8, 4) is 0 Å². The van der Waals surface area contributed by atoms with E-state index in [1.165, 1.54) is 11.1 Å². The molecule has 1 N–H and O–H groups in total. The maximum absolute atomic E-state index is 12.9. The van der Waals surface area contributed by atoms with Gasteiger partial charge in [-0.05, 0) is 31.6 Å². The first-order chi connectivity index (χ1) is 11.1. The molecule has 0 atom stereocenters. The fourth-order valence-corrected chi connectivity index (χ4v) is 3.32. The Morgan fingerprint density at radius 3 is 2.57 bits per heavy atom. The van der Waals surface area contributed by atoms with Crippen molar-refractivity contribution < 1.29 is 4.79 Å². The number of imidazole rings is 1. The number of carbonyl (C=O) groups excluding carboxylic acids is 1. The molecule has 0 saturated carbocycles. The molecule has 3 rings (SSSR count). The van der Waals surface area contributed by atoms with Crippen molar-refractivity contribution in [3.63, 3.8) is 0 Å². The lowest BCUT2D eigenvalue weighted by Gasteiger charge is -2.34. The second kappa shape index (κ2) is 6.54. The van der Waals surface area contributed by atoms with E-state index in [4.69, 9.17) is 0 Å². The number of carbonyl (C=O) groups is 1. The number of rotatable bonds is 6. The molecule has 1 aliphatic rings. The summed E-state index contributed by atoms with van der Waals surface area (Å²) in [6, 6.07) is 8.36. The number of amides is 1. The highest BCUT2D eigenvalue weighted by molar-refractivity contribution is 5.88. The molecular formula is C18H24N4O. The van der Waals surface area contributed by atoms with Crippen LogP contribution in [0.15, 0.2) is 43.0 Å². The third-order valence-electron chi connectivity index (χ3n) is 4.80. The molecule has 1 amide bonds. The molecule has 23 heavy (non-hydrogen) atoms. The van der Waals surface area contributed by atoms with Gasteiger partial charge in [0, 0.05) is 38.3 Å². The van der Waals surface area contributed by atoms with Crippen LogP contribution in [0.2, 0.25) is 0 Å². The zero-order chi connectivity index (χ0) is 16.3. The highest BCUT2D eigenvalue weighted by Crippen LogP contribution is 2.33. The molecule has 0 unspecified atom stereocenters. The van der Waals surface area contributed by atoms with Crippen molar-refractivity contribution in [2.45, 2.75) is 31.3 Å². The van der Waals surface area contributed by atoms with E-state index in [0.717, 1.165) is 25.8 Å². The van der Waals surface area contributed by atoms with Gasteiger partial charge in [-0.25, -0.2) is 4.98 Å². The minimum absolute atomic E-state index is 0.129. The summed E-state index contributed by atoms with van der Waals surface area (Å²) in [6.45, 7) is 1.55. The number of hydrogen-bond acceptors (Lipinski definition) is 3. The summed E-state index contributed by atoms with van der Waals surface area (Å²) in [5.74, 6) is 0.129. The van der Waals surface area contributed by atoms with Gasteiger partial charge >= 0.3 is 0 Å². The first-order valence-electron chi connectivity index (χ1n) is 8.10. The Morgan fingerprint density at radius 1 is 1.30 bits per heavy atom. The monoisotopic (exact) mass is 312 g/mol. The molecule has 1 heterocycles. The molecule has 5 nitrogen and oxygen atoms in total. The van der Waals surface area contributed by atoms with E-state index in [9.17, 15) is 4.79 Å². The summed E-state index contributed by atoms with van der Waals surface area (Å²) in [5.41, 5.74) is 2.11. The van der Waals surface area contributed by atoms with Crippen molar-refractivity contribution in [2.75, 3.05) is 20.6 Å². The number of fused-ring (bicyclic) bond motifs is 1. The maximum Gasteiger partial charge on any atom is 0.241 e. The largest absolute Gasteiger partial charge is 0.354 e. The number of aryl methyl sites for hydroxylation is 1. The van der Waals surface area contributed by atoms with Crippen molar-refractivity contribution in [3.05, 3.63) is 54.1 Å². The van der Waals surface area contributed by atoms with Gasteiger partial charge in [-0.1, -0.05) is 24.3 Å². The number of hydrogen-bond donors (Lipinski definition) is 1. The van der Waals surface area contributed by atoms with E-state index in [0.29, 0.717) is 6.54 Å². The molecule has 1 aromatic heterocycles. The normalized spacial score (nSPS) is 15.6. The van der Waals surface area contributed by atoms with Gasteiger partial charge < -0.3 is 9.88 Å². The molecule has 0 spiro atoms. The number of benzene rings is 1. The molecule has 0 bridgehead atoms. The highest BCUT2D eigenvalue weighted by Gasteiger charge is 2.45. The second-order valence-electron chi connectivity index (χ2n) is 6.46. The third-order valence-corrected chi connectivity index (χ3v) is 4.80. The van der Waals surface area contributed by atoms with Crippen LogP contribution < -0.4 is 5.32 Å². The molecule has 0 saturated heterocycles. The molecule has 2 aromatic rings. The summed E-state index contributed by atoms with van der Waals surface area (Å²) < 4.78 is 2.03. The molecule has 0 aliphatic heterocycles. The molecule has 0 radical (unpaired) electrons. The highest BCUT2D eigenvalue weighted by atomic mass is 16.2. The molecule has 1 aliphatic carbocycles. The Bertz CT molecular complexity index is 638. The van der Waals surface area contributed by atoms with Crippen molar-refractivity contribution in [1.29, 1.82) is 0 Å². The van der Waals surface area contributed by atoms with Crippen LogP contribution in [0.4, 0.5) is 0 Å². The minimum Gasteiger partial charge on any atom is -0.354 e. The van der Waals surface area contributed by atoms with Crippen LogP contribution in [0.25, 0.3) is 0 Å². The smallest absolute Gasteiger partial charge is 0.241 e. The summed E-state index contributed by atoms with van der Waals surface area (Å²) in [4.78, 5) is 19.0. The lowest BCUT2D eigenvalue weighted by atomic mass is 9.93. The first-order valence-corrected chi connectivity index (χ1v) is 8.10. The predicted molar refractivity (Wildman–Crippen MR) is 90.1 cm³/mol. The SMILES string of the molecule is CN(C)C1(C(=O)NCCCn2ccnc2)Cc2ccccc2C1. The zero-order valence-corrected chi connectivity index (χ0v) is 13.8. The second-order valence-corrected chi connectivity index (χ2v) is 6.46. The zero-order valence-electron chi connectivity index (χ0n) is 13.8. The van der Waals surface area contributed by atoms with Gasteiger partial charge in [-0.15, -0.1) is 0 Å². The van der Waals surface area contributed by atoms with Crippen LogP contribution in [0.5, 0.6) is 0 Å². The van der Waals surface area contributed by atoms with E-state index in [-0.39, 0.29) is 5.91 Å². The Morgan fingerprint density at radius 2 is 2.00 bits per heavy atom. The molecular weight excluding hydrogens is 288 g/mol. The summed E-state index contributed by atoms with van der Waals surface area (Å²) in [6.07, 6.45) is 7.98. The van der Waals surface area contributed by atoms with Crippen LogP contribution in [-0.4, -0.2) is 46.5 Å². The number of nitrogens with zero attached hydrogens (tertiary/aromatic N) is 3. The van der Waals surface area contributed by atoms with E-state index >= 15 is 0 Å². The third kappa shape index (κ3) is 3.15. The topological polar surface area (TPSA) is 50.2 Å². The van der Waals surface area contributed by atoms with E-state index < -0.39 is 5.54 Å². The quantitative estimate of drug-likeness (QED) is 0.822. The number of nitrogens with one attached hydrogen (secondary N) is 1. The lowest BCUT2D eigenvalue weighted by molar-refractivity contribution is -0.131. The summed E-state index contributed by atoms with van der Waals surface area (Å²) in [7, 11) is 3.99. The standard InChI is InChI=1S/C18H24N4O/c1-21(2)18(12-15-6-3-4-7-16(15)13-18)17(23)20-8-5-10-22-11-9-19-14-22/h3-4,6-7,9,11,14H,5,8,10,12-13H2,1-2H3,(H,20,23).